The highest BCUT2D eigenvalue weighted by molar-refractivity contribution is 14.1. The molecule has 1 aliphatic carbocycles. The highest BCUT2D eigenvalue weighted by Crippen LogP contribution is 2.44. The van der Waals surface area contributed by atoms with Crippen molar-refractivity contribution < 1.29 is 28.6 Å². The third-order valence-corrected chi connectivity index (χ3v) is 18.7. The van der Waals surface area contributed by atoms with Gasteiger partial charge in [-0.05, 0) is 35.1 Å². The Bertz CT molecular complexity index is 1420. The maximum atomic E-state index is 13.9. The summed E-state index contributed by atoms with van der Waals surface area (Å²) in [7, 11) is -0.524. The van der Waals surface area contributed by atoms with Gasteiger partial charge >= 0.3 is 12.1 Å². The number of rotatable bonds is 9. The van der Waals surface area contributed by atoms with Crippen molar-refractivity contribution in [1.82, 2.24) is 4.90 Å². The molecule has 5 rings (SSSR count). The molecule has 0 saturated carbocycles. The minimum Gasteiger partial charge on any atom is -0.467 e. The van der Waals surface area contributed by atoms with Gasteiger partial charge in [0.1, 0.15) is 18.4 Å². The molecule has 1 amide bonds. The van der Waals surface area contributed by atoms with Crippen LogP contribution in [0.2, 0.25) is 18.1 Å². The van der Waals surface area contributed by atoms with Gasteiger partial charge in [0.25, 0.3) is 5.90 Å². The van der Waals surface area contributed by atoms with E-state index in [0.717, 1.165) is 43.6 Å². The molecule has 1 fully saturated rings. The van der Waals surface area contributed by atoms with E-state index in [9.17, 15) is 14.4 Å². The molecule has 43 heavy (non-hydrogen) atoms. The zero-order valence-corrected chi connectivity index (χ0v) is 28.4. The van der Waals surface area contributed by atoms with Crippen molar-refractivity contribution in [2.45, 2.75) is 76.2 Å². The van der Waals surface area contributed by atoms with E-state index in [1.807, 2.05) is 24.3 Å². The lowest BCUT2D eigenvalue weighted by Gasteiger charge is -2.32. The smallest absolute Gasteiger partial charge is 0.410 e. The van der Waals surface area contributed by atoms with Crippen molar-refractivity contribution in [3.8, 4) is 11.1 Å². The molecule has 2 aromatic rings. The number of benzene rings is 2. The fraction of sp³-hybridized carbons (Fsp3) is 0.455. The average molecular weight is 715 g/mol. The molecular weight excluding hydrogens is 675 g/mol. The van der Waals surface area contributed by atoms with E-state index in [-0.39, 0.29) is 24.8 Å². The number of Topliss-reactive ketones (excluding diaryl/α,β-unsaturated/α-hetero) is 1. The van der Waals surface area contributed by atoms with Crippen LogP contribution in [0.4, 0.5) is 4.79 Å². The van der Waals surface area contributed by atoms with Crippen LogP contribution in [-0.4, -0.2) is 69.1 Å². The molecule has 2 heterocycles. The number of likely N-dealkylation sites (tertiary alicyclic amines) is 1. The quantitative estimate of drug-likeness (QED) is 0.158. The van der Waals surface area contributed by atoms with Crippen LogP contribution in [0.5, 0.6) is 0 Å². The van der Waals surface area contributed by atoms with Gasteiger partial charge in [-0.2, -0.15) is 0 Å². The fourth-order valence-corrected chi connectivity index (χ4v) is 13.6. The van der Waals surface area contributed by atoms with E-state index >= 15 is 0 Å². The van der Waals surface area contributed by atoms with Gasteiger partial charge in [-0.1, -0.05) is 110 Å². The number of amides is 1. The predicted octanol–water partition coefficient (Wildman–Crippen LogP) is 7.02. The first-order chi connectivity index (χ1) is 20.8. The minimum absolute atomic E-state index is 0.0742. The summed E-state index contributed by atoms with van der Waals surface area (Å²) in [6, 6.07) is 17.8. The number of carbonyl (C=O) groups excluding carboxylic acids is 3. The number of carbonyl (C=O) groups is 3. The summed E-state index contributed by atoms with van der Waals surface area (Å²) in [4.78, 5) is 45.9. The first-order valence-electron chi connectivity index (χ1n) is 15.2. The lowest BCUT2D eigenvalue weighted by atomic mass is 9.98. The van der Waals surface area contributed by atoms with Crippen LogP contribution in [0.3, 0.4) is 0 Å². The van der Waals surface area contributed by atoms with E-state index in [1.165, 1.54) is 12.0 Å². The summed E-state index contributed by atoms with van der Waals surface area (Å²) in [5.74, 6) is -0.475. The third kappa shape index (κ3) is 5.92. The Kier molecular flexibility index (Phi) is 9.75. The summed E-state index contributed by atoms with van der Waals surface area (Å²) in [5, 5.41) is 0. The van der Waals surface area contributed by atoms with Crippen molar-refractivity contribution in [3.05, 3.63) is 68.6 Å². The van der Waals surface area contributed by atoms with Crippen molar-refractivity contribution in [2.75, 3.05) is 20.3 Å². The fourth-order valence-electron chi connectivity index (χ4n) is 6.66. The Morgan fingerprint density at radius 2 is 1.60 bits per heavy atom. The first kappa shape index (κ1) is 31.4. The highest BCUT2D eigenvalue weighted by Gasteiger charge is 2.43. The van der Waals surface area contributed by atoms with E-state index in [0.29, 0.717) is 25.1 Å². The number of ether oxygens (including phenoxy) is 3. The monoisotopic (exact) mass is 714 g/mol. The Hall–Kier alpha value is -2.99. The summed E-state index contributed by atoms with van der Waals surface area (Å²) in [6.07, 6.45) is 0.865. The second-order valence-corrected chi connectivity index (χ2v) is 18.7. The molecule has 0 aromatic heterocycles. The van der Waals surface area contributed by atoms with Gasteiger partial charge in [-0.3, -0.25) is 9.69 Å². The van der Waals surface area contributed by atoms with Gasteiger partial charge in [0, 0.05) is 22.1 Å². The summed E-state index contributed by atoms with van der Waals surface area (Å²) < 4.78 is 18.3. The number of halogens is 1. The van der Waals surface area contributed by atoms with E-state index in [2.05, 4.69) is 72.6 Å². The van der Waals surface area contributed by atoms with Crippen molar-refractivity contribution in [2.24, 2.45) is 4.99 Å². The summed E-state index contributed by atoms with van der Waals surface area (Å²) in [6.45, 7) is 7.17. The molecule has 2 aliphatic heterocycles. The van der Waals surface area contributed by atoms with Crippen LogP contribution in [-0.2, 0) is 23.8 Å². The van der Waals surface area contributed by atoms with Crippen molar-refractivity contribution in [3.63, 3.8) is 0 Å². The molecule has 0 radical (unpaired) electrons. The van der Waals surface area contributed by atoms with E-state index in [1.54, 1.807) is 0 Å². The molecule has 1 saturated heterocycles. The Balaban J connectivity index is 1.35. The molecule has 0 unspecified atom stereocenters. The Morgan fingerprint density at radius 3 is 2.19 bits per heavy atom. The van der Waals surface area contributed by atoms with Gasteiger partial charge in [0.2, 0.25) is 5.78 Å². The lowest BCUT2D eigenvalue weighted by molar-refractivity contribution is -0.142. The molecular formula is C33H39IN2O6Si. The number of nitrogens with zero attached hydrogens (tertiary/aromatic N) is 2. The number of hydrogen-bond donors (Lipinski definition) is 0. The number of esters is 1. The molecule has 2 aromatic carbocycles. The Morgan fingerprint density at radius 1 is 1.00 bits per heavy atom. The standard InChI is InChI=1S/C33H39IN2O6Si/c1-5-43(6-2,7-3)30(34)28-19-26(32(38)40-4)35-31(42-28)29(37)27-17-12-18-36(27)33(39)41-20-25-23-15-10-8-13-21(23)22-14-9-11-16-24(22)25/h8-11,13-16,25-27H,5-7,12,17-20H2,1-4H3/b30-28-/t26-,27-/m0/s1. The normalized spacial score (nSPS) is 21.0. The van der Waals surface area contributed by atoms with Crippen LogP contribution in [0.25, 0.3) is 11.1 Å². The van der Waals surface area contributed by atoms with Gasteiger partial charge < -0.3 is 14.2 Å². The van der Waals surface area contributed by atoms with E-state index < -0.39 is 38.0 Å². The summed E-state index contributed by atoms with van der Waals surface area (Å²) in [5.41, 5.74) is 4.56. The van der Waals surface area contributed by atoms with Gasteiger partial charge in [0.15, 0.2) is 6.04 Å². The number of methoxy groups -OCH3 is 1. The van der Waals surface area contributed by atoms with Crippen molar-refractivity contribution >= 4 is 54.4 Å². The van der Waals surface area contributed by atoms with Crippen LogP contribution in [0.1, 0.15) is 57.1 Å². The Labute approximate surface area is 268 Å². The maximum absolute atomic E-state index is 13.9. The average Bonchev–Trinajstić information content (AvgIpc) is 3.67. The molecule has 0 N–H and O–H groups in total. The third-order valence-electron chi connectivity index (χ3n) is 9.42. The van der Waals surface area contributed by atoms with Crippen LogP contribution < -0.4 is 0 Å². The topological polar surface area (TPSA) is 94.5 Å². The molecule has 228 valence electrons. The van der Waals surface area contributed by atoms with Gasteiger partial charge in [0.05, 0.1) is 15.2 Å². The minimum atomic E-state index is -1.85. The predicted molar refractivity (Wildman–Crippen MR) is 177 cm³/mol. The van der Waals surface area contributed by atoms with Crippen LogP contribution >= 0.6 is 22.6 Å². The largest absolute Gasteiger partial charge is 0.467 e. The highest BCUT2D eigenvalue weighted by atomic mass is 127. The second kappa shape index (κ2) is 13.3. The summed E-state index contributed by atoms with van der Waals surface area (Å²) >= 11 is 2.36. The van der Waals surface area contributed by atoms with E-state index in [4.69, 9.17) is 14.2 Å². The first-order valence-corrected chi connectivity index (χ1v) is 18.9. The number of ketones is 1. The lowest BCUT2D eigenvalue weighted by Crippen LogP contribution is -2.46. The molecule has 0 bridgehead atoms. The maximum Gasteiger partial charge on any atom is 0.410 e. The van der Waals surface area contributed by atoms with Crippen molar-refractivity contribution in [1.29, 1.82) is 0 Å². The molecule has 0 spiro atoms. The zero-order chi connectivity index (χ0) is 30.7. The number of hydrogen-bond acceptors (Lipinski definition) is 7. The SMILES string of the molecule is CC[Si](CC)(CC)/C(I)=C1/C[C@@H](C(=O)OC)N=C(C(=O)[C@@H]2CCCN2C(=O)OCC2c3ccccc3-c3ccccc32)O1. The zero-order valence-electron chi connectivity index (χ0n) is 25.2. The second-order valence-electron chi connectivity index (χ2n) is 11.4. The molecule has 3 aliphatic rings. The van der Waals surface area contributed by atoms with Crippen LogP contribution in [0, 0.1) is 0 Å². The van der Waals surface area contributed by atoms with Gasteiger partial charge in [-0.25, -0.2) is 14.6 Å². The molecule has 2 atom stereocenters. The number of fused-ring (bicyclic) bond motifs is 3. The molecule has 8 nitrogen and oxygen atoms in total. The molecule has 10 heteroatoms. The van der Waals surface area contributed by atoms with Crippen LogP contribution in [0.15, 0.2) is 62.5 Å². The van der Waals surface area contributed by atoms with Gasteiger partial charge in [-0.15, -0.1) is 0 Å². The number of aliphatic imine (C=N–C) groups is 1.